The summed E-state index contributed by atoms with van der Waals surface area (Å²) in [4.78, 5) is 2.46. The number of furan rings is 1. The summed E-state index contributed by atoms with van der Waals surface area (Å²) in [5.41, 5.74) is 16.9. The van der Waals surface area contributed by atoms with E-state index in [1.165, 1.54) is 70.2 Å². The molecule has 0 aliphatic heterocycles. The fraction of sp³-hybridized carbons (Fsp3) is 0.0164. The first-order valence-corrected chi connectivity index (χ1v) is 22.7. The van der Waals surface area contributed by atoms with Gasteiger partial charge in [-0.1, -0.05) is 188 Å². The van der Waals surface area contributed by atoms with Gasteiger partial charge in [0.05, 0.1) is 26.9 Å². The molecule has 1 aliphatic carbocycles. The Morgan fingerprint density at radius 3 is 1.64 bits per heavy atom. The summed E-state index contributed by atoms with van der Waals surface area (Å²) < 4.78 is 9.19. The summed E-state index contributed by atoms with van der Waals surface area (Å²) in [5.74, 6) is 0. The lowest BCUT2D eigenvalue weighted by molar-refractivity contribution is 0.669. The van der Waals surface area contributed by atoms with Gasteiger partial charge in [0.2, 0.25) is 0 Å². The van der Waals surface area contributed by atoms with E-state index in [1.807, 2.05) is 11.3 Å². The molecule has 0 saturated carbocycles. The monoisotopic (exact) mass is 833 g/mol. The van der Waals surface area contributed by atoms with Crippen molar-refractivity contribution in [1.82, 2.24) is 0 Å². The molecule has 0 amide bonds. The lowest BCUT2D eigenvalue weighted by Crippen LogP contribution is -2.28. The SMILES string of the molecule is c1ccc(-c2ccc(C3(c4ccc(N(c5cccc6c5sc5ccccc56)c5cccc6oc7ccc(-c8ccccc8)cc7c56)cc4)c4ccccc4-c4ccccc43)cc2)cc1. The second-order valence-corrected chi connectivity index (χ2v) is 17.8. The summed E-state index contributed by atoms with van der Waals surface area (Å²) >= 11 is 1.86. The average Bonchev–Trinajstić information content (AvgIpc) is 4.04. The standard InChI is InChI=1S/C61H39NOS/c1-3-15-40(16-4-1)42-29-32-44(33-30-42)61(52-23-10-7-19-47(52)48-20-8-11-24-53(48)61)45-34-36-46(37-35-45)62(55-26-13-22-50-49-21-9-12-28-58(49)64-60(50)55)54-25-14-27-57-59(54)51-39-43(31-38-56(51)63-57)41-17-5-2-6-18-41/h1-39H. The molecule has 0 spiro atoms. The quantitative estimate of drug-likeness (QED) is 0.159. The van der Waals surface area contributed by atoms with E-state index in [2.05, 4.69) is 241 Å². The number of fused-ring (bicyclic) bond motifs is 9. The molecular formula is C61H39NOS. The number of rotatable bonds is 7. The molecule has 300 valence electrons. The van der Waals surface area contributed by atoms with E-state index in [0.717, 1.165) is 44.6 Å². The fourth-order valence-corrected chi connectivity index (χ4v) is 11.8. The Morgan fingerprint density at radius 1 is 0.375 bits per heavy atom. The third-order valence-corrected chi connectivity index (χ3v) is 14.6. The number of anilines is 3. The van der Waals surface area contributed by atoms with Gasteiger partial charge in [-0.15, -0.1) is 11.3 Å². The third kappa shape index (κ3) is 5.51. The predicted octanol–water partition coefficient (Wildman–Crippen LogP) is 17.1. The molecule has 64 heavy (non-hydrogen) atoms. The molecular weight excluding hydrogens is 795 g/mol. The van der Waals surface area contributed by atoms with E-state index >= 15 is 0 Å². The molecule has 0 radical (unpaired) electrons. The topological polar surface area (TPSA) is 16.4 Å². The first-order chi connectivity index (χ1) is 31.7. The average molecular weight is 834 g/mol. The summed E-state index contributed by atoms with van der Waals surface area (Å²) in [6.45, 7) is 0. The Kier molecular flexibility index (Phi) is 8.34. The van der Waals surface area contributed by atoms with Gasteiger partial charge in [-0.05, 0) is 104 Å². The van der Waals surface area contributed by atoms with Crippen LogP contribution in [0.15, 0.2) is 241 Å². The van der Waals surface area contributed by atoms with Gasteiger partial charge in [-0.25, -0.2) is 0 Å². The number of hydrogen-bond donors (Lipinski definition) is 0. The maximum Gasteiger partial charge on any atom is 0.137 e. The zero-order valence-corrected chi connectivity index (χ0v) is 35.6. The van der Waals surface area contributed by atoms with Crippen LogP contribution in [0.25, 0.3) is 75.5 Å². The van der Waals surface area contributed by atoms with Crippen molar-refractivity contribution in [3.63, 3.8) is 0 Å². The van der Waals surface area contributed by atoms with Gasteiger partial charge >= 0.3 is 0 Å². The Bertz CT molecular complexity index is 3670. The Morgan fingerprint density at radius 2 is 0.922 bits per heavy atom. The first-order valence-electron chi connectivity index (χ1n) is 21.9. The molecule has 0 bridgehead atoms. The number of benzene rings is 10. The van der Waals surface area contributed by atoms with Crippen molar-refractivity contribution < 1.29 is 4.42 Å². The minimum Gasteiger partial charge on any atom is -0.456 e. The fourth-order valence-electron chi connectivity index (χ4n) is 10.5. The summed E-state index contributed by atoms with van der Waals surface area (Å²) in [5, 5.41) is 4.71. The van der Waals surface area contributed by atoms with Crippen molar-refractivity contribution in [1.29, 1.82) is 0 Å². The van der Waals surface area contributed by atoms with Crippen LogP contribution in [-0.4, -0.2) is 0 Å². The van der Waals surface area contributed by atoms with Gasteiger partial charge in [-0.3, -0.25) is 0 Å². The second kappa shape index (κ2) is 14.6. The lowest BCUT2D eigenvalue weighted by atomic mass is 9.67. The number of hydrogen-bond acceptors (Lipinski definition) is 3. The van der Waals surface area contributed by atoms with Crippen LogP contribution in [0.2, 0.25) is 0 Å². The summed E-state index contributed by atoms with van der Waals surface area (Å²) in [6.07, 6.45) is 0. The van der Waals surface area contributed by atoms with E-state index in [9.17, 15) is 0 Å². The van der Waals surface area contributed by atoms with Crippen molar-refractivity contribution in [2.24, 2.45) is 0 Å². The molecule has 2 aromatic heterocycles. The molecule has 1 aliphatic rings. The zero-order valence-electron chi connectivity index (χ0n) is 34.8. The van der Waals surface area contributed by atoms with Crippen molar-refractivity contribution in [2.75, 3.05) is 4.90 Å². The van der Waals surface area contributed by atoms with Gasteiger partial charge in [0.1, 0.15) is 11.2 Å². The first kappa shape index (κ1) is 36.7. The van der Waals surface area contributed by atoms with Crippen molar-refractivity contribution in [2.45, 2.75) is 5.41 Å². The highest BCUT2D eigenvalue weighted by Gasteiger charge is 2.46. The minimum atomic E-state index is -0.536. The van der Waals surface area contributed by atoms with Gasteiger partial charge in [-0.2, -0.15) is 0 Å². The highest BCUT2D eigenvalue weighted by molar-refractivity contribution is 7.26. The van der Waals surface area contributed by atoms with Gasteiger partial charge in [0.25, 0.3) is 0 Å². The van der Waals surface area contributed by atoms with E-state index in [4.69, 9.17) is 4.42 Å². The Balaban J connectivity index is 1.05. The van der Waals surface area contributed by atoms with Crippen LogP contribution >= 0.6 is 11.3 Å². The van der Waals surface area contributed by atoms with Crippen molar-refractivity contribution in [3.8, 4) is 33.4 Å². The molecule has 0 atom stereocenters. The molecule has 2 nitrogen and oxygen atoms in total. The Hall–Kier alpha value is -7.98. The molecule has 0 saturated heterocycles. The van der Waals surface area contributed by atoms with Gasteiger partial charge < -0.3 is 9.32 Å². The number of nitrogens with zero attached hydrogens (tertiary/aromatic N) is 1. The summed E-state index contributed by atoms with van der Waals surface area (Å²) in [6, 6.07) is 86.5. The third-order valence-electron chi connectivity index (χ3n) is 13.4. The van der Waals surface area contributed by atoms with Crippen LogP contribution in [0.5, 0.6) is 0 Å². The van der Waals surface area contributed by atoms with Crippen LogP contribution in [0, 0.1) is 0 Å². The minimum absolute atomic E-state index is 0.536. The summed E-state index contributed by atoms with van der Waals surface area (Å²) in [7, 11) is 0. The molecule has 0 unspecified atom stereocenters. The highest BCUT2D eigenvalue weighted by atomic mass is 32.1. The lowest BCUT2D eigenvalue weighted by Gasteiger charge is -2.34. The smallest absolute Gasteiger partial charge is 0.137 e. The zero-order chi connectivity index (χ0) is 42.2. The molecule has 13 rings (SSSR count). The molecule has 0 fully saturated rings. The second-order valence-electron chi connectivity index (χ2n) is 16.7. The molecule has 12 aromatic rings. The molecule has 10 aromatic carbocycles. The van der Waals surface area contributed by atoms with Crippen molar-refractivity contribution >= 4 is 70.5 Å². The molecule has 2 heterocycles. The highest BCUT2D eigenvalue weighted by Crippen LogP contribution is 2.57. The van der Waals surface area contributed by atoms with Crippen LogP contribution in [-0.2, 0) is 5.41 Å². The van der Waals surface area contributed by atoms with Gasteiger partial charge in [0.15, 0.2) is 0 Å². The van der Waals surface area contributed by atoms with Crippen LogP contribution in [0.4, 0.5) is 17.1 Å². The van der Waals surface area contributed by atoms with E-state index in [1.54, 1.807) is 0 Å². The number of thiophene rings is 1. The van der Waals surface area contributed by atoms with E-state index in [0.29, 0.717) is 0 Å². The van der Waals surface area contributed by atoms with Crippen LogP contribution in [0.1, 0.15) is 22.3 Å². The maximum absolute atomic E-state index is 6.67. The largest absolute Gasteiger partial charge is 0.456 e. The normalized spacial score (nSPS) is 12.8. The Labute approximate surface area is 375 Å². The van der Waals surface area contributed by atoms with Crippen LogP contribution < -0.4 is 4.90 Å². The maximum atomic E-state index is 6.67. The van der Waals surface area contributed by atoms with Crippen molar-refractivity contribution in [3.05, 3.63) is 259 Å². The molecule has 3 heteroatoms. The van der Waals surface area contributed by atoms with Gasteiger partial charge in [0, 0.05) is 26.5 Å². The van der Waals surface area contributed by atoms with E-state index in [-0.39, 0.29) is 0 Å². The molecule has 0 N–H and O–H groups in total. The van der Waals surface area contributed by atoms with Crippen LogP contribution in [0.3, 0.4) is 0 Å². The van der Waals surface area contributed by atoms with E-state index < -0.39 is 5.41 Å². The predicted molar refractivity (Wildman–Crippen MR) is 269 cm³/mol.